The average molecular weight is 308 g/mol. The lowest BCUT2D eigenvalue weighted by Crippen LogP contribution is -2.48. The van der Waals surface area contributed by atoms with E-state index in [1.54, 1.807) is 13.8 Å². The number of carbonyl (C=O) groups is 1. The predicted octanol–water partition coefficient (Wildman–Crippen LogP) is 0.773. The van der Waals surface area contributed by atoms with Crippen molar-refractivity contribution < 1.29 is 27.2 Å². The van der Waals surface area contributed by atoms with Crippen LogP contribution in [0, 0.1) is 17.6 Å². The van der Waals surface area contributed by atoms with Crippen molar-refractivity contribution in [2.45, 2.75) is 24.8 Å². The zero-order valence-electron chi connectivity index (χ0n) is 10.7. The highest BCUT2D eigenvalue weighted by atomic mass is 32.2. The van der Waals surface area contributed by atoms with Crippen LogP contribution in [0.4, 0.5) is 8.78 Å². The van der Waals surface area contributed by atoms with E-state index in [4.69, 9.17) is 5.21 Å². The van der Waals surface area contributed by atoms with Gasteiger partial charge in [0.1, 0.15) is 6.04 Å². The minimum absolute atomic E-state index is 0.470. The molecule has 20 heavy (non-hydrogen) atoms. The molecule has 1 amide bonds. The van der Waals surface area contributed by atoms with Gasteiger partial charge in [-0.1, -0.05) is 13.8 Å². The van der Waals surface area contributed by atoms with Crippen LogP contribution in [0.5, 0.6) is 0 Å². The maximum Gasteiger partial charge on any atom is 0.261 e. The molecule has 0 saturated heterocycles. The van der Waals surface area contributed by atoms with E-state index in [0.29, 0.717) is 12.1 Å². The number of hydrogen-bond donors (Lipinski definition) is 3. The van der Waals surface area contributed by atoms with E-state index < -0.39 is 44.4 Å². The SMILES string of the molecule is CC(C)C(NS(=O)(=O)c1ccc(F)c(F)c1)C(=O)NO. The Hall–Kier alpha value is -1.58. The Bertz CT molecular complexity index is 604. The molecule has 0 spiro atoms. The molecule has 1 rings (SSSR count). The summed E-state index contributed by atoms with van der Waals surface area (Å²) >= 11 is 0. The van der Waals surface area contributed by atoms with Crippen molar-refractivity contribution in [3.63, 3.8) is 0 Å². The Morgan fingerprint density at radius 3 is 2.30 bits per heavy atom. The third-order valence-corrected chi connectivity index (χ3v) is 3.98. The van der Waals surface area contributed by atoms with Crippen molar-refractivity contribution >= 4 is 15.9 Å². The van der Waals surface area contributed by atoms with Gasteiger partial charge < -0.3 is 0 Å². The first-order valence-corrected chi connectivity index (χ1v) is 7.08. The quantitative estimate of drug-likeness (QED) is 0.553. The number of carbonyl (C=O) groups excluding carboxylic acids is 1. The summed E-state index contributed by atoms with van der Waals surface area (Å²) in [6.45, 7) is 3.10. The fourth-order valence-corrected chi connectivity index (χ4v) is 2.80. The fourth-order valence-electron chi connectivity index (χ4n) is 1.44. The molecule has 0 radical (unpaired) electrons. The number of nitrogens with one attached hydrogen (secondary N) is 2. The molecule has 0 fully saturated rings. The van der Waals surface area contributed by atoms with Crippen molar-refractivity contribution in [3.05, 3.63) is 29.8 Å². The topological polar surface area (TPSA) is 95.5 Å². The van der Waals surface area contributed by atoms with Gasteiger partial charge in [0.25, 0.3) is 5.91 Å². The Balaban J connectivity index is 3.09. The van der Waals surface area contributed by atoms with Crippen LogP contribution >= 0.6 is 0 Å². The summed E-state index contributed by atoms with van der Waals surface area (Å²) in [5, 5.41) is 8.56. The van der Waals surface area contributed by atoms with Gasteiger partial charge in [0.05, 0.1) is 4.90 Å². The van der Waals surface area contributed by atoms with E-state index in [0.717, 1.165) is 6.07 Å². The normalized spacial score (nSPS) is 13.3. The molecular weight excluding hydrogens is 294 g/mol. The van der Waals surface area contributed by atoms with E-state index in [1.165, 1.54) is 5.48 Å². The highest BCUT2D eigenvalue weighted by molar-refractivity contribution is 7.89. The molecule has 1 atom stereocenters. The molecule has 3 N–H and O–H groups in total. The molecule has 0 aliphatic carbocycles. The minimum Gasteiger partial charge on any atom is -0.289 e. The summed E-state index contributed by atoms with van der Waals surface area (Å²) in [6, 6.07) is 0.791. The molecule has 112 valence electrons. The van der Waals surface area contributed by atoms with Crippen molar-refractivity contribution in [1.82, 2.24) is 10.2 Å². The summed E-state index contributed by atoms with van der Waals surface area (Å²) < 4.78 is 51.8. The van der Waals surface area contributed by atoms with Crippen molar-refractivity contribution in [3.8, 4) is 0 Å². The zero-order valence-corrected chi connectivity index (χ0v) is 11.5. The summed E-state index contributed by atoms with van der Waals surface area (Å²) in [4.78, 5) is 10.8. The molecule has 0 aliphatic heterocycles. The molecule has 1 aromatic rings. The molecule has 1 aromatic carbocycles. The number of hydrogen-bond acceptors (Lipinski definition) is 4. The maximum absolute atomic E-state index is 13.0. The zero-order chi connectivity index (χ0) is 15.5. The second-order valence-electron chi connectivity index (χ2n) is 4.39. The highest BCUT2D eigenvalue weighted by Crippen LogP contribution is 2.15. The van der Waals surface area contributed by atoms with Gasteiger partial charge in [-0.05, 0) is 24.1 Å². The smallest absolute Gasteiger partial charge is 0.261 e. The van der Waals surface area contributed by atoms with Crippen LogP contribution in [0.2, 0.25) is 0 Å². The molecule has 6 nitrogen and oxygen atoms in total. The predicted molar refractivity (Wildman–Crippen MR) is 65.2 cm³/mol. The van der Waals surface area contributed by atoms with Gasteiger partial charge in [-0.3, -0.25) is 10.0 Å². The first kappa shape index (κ1) is 16.5. The van der Waals surface area contributed by atoms with E-state index in [-0.39, 0.29) is 0 Å². The van der Waals surface area contributed by atoms with Gasteiger partial charge in [0.15, 0.2) is 11.6 Å². The summed E-state index contributed by atoms with van der Waals surface area (Å²) in [7, 11) is -4.23. The van der Waals surface area contributed by atoms with Gasteiger partial charge in [-0.15, -0.1) is 0 Å². The lowest BCUT2D eigenvalue weighted by molar-refractivity contribution is -0.131. The Kier molecular flexibility index (Phi) is 5.15. The standard InChI is InChI=1S/C11H14F2N2O4S/c1-6(2)10(11(16)14-17)15-20(18,19)7-3-4-8(12)9(13)5-7/h3-6,10,15,17H,1-2H3,(H,14,16). The lowest BCUT2D eigenvalue weighted by atomic mass is 10.1. The number of amides is 1. The van der Waals surface area contributed by atoms with E-state index in [2.05, 4.69) is 0 Å². The van der Waals surface area contributed by atoms with E-state index in [1.807, 2.05) is 4.72 Å². The Morgan fingerprint density at radius 1 is 1.25 bits per heavy atom. The van der Waals surface area contributed by atoms with Gasteiger partial charge in [0, 0.05) is 0 Å². The van der Waals surface area contributed by atoms with E-state index >= 15 is 0 Å². The average Bonchev–Trinajstić information content (AvgIpc) is 2.38. The molecule has 0 aromatic heterocycles. The summed E-state index contributed by atoms with van der Waals surface area (Å²) in [5.41, 5.74) is 1.34. The summed E-state index contributed by atoms with van der Waals surface area (Å²) in [6.07, 6.45) is 0. The molecule has 9 heteroatoms. The first-order chi connectivity index (χ1) is 9.19. The van der Waals surface area contributed by atoms with Crippen molar-refractivity contribution in [2.75, 3.05) is 0 Å². The number of halogens is 2. The molecule has 1 unspecified atom stereocenters. The minimum atomic E-state index is -4.23. The van der Waals surface area contributed by atoms with Crippen molar-refractivity contribution in [1.29, 1.82) is 0 Å². The molecule has 0 bridgehead atoms. The highest BCUT2D eigenvalue weighted by Gasteiger charge is 2.28. The second-order valence-corrected chi connectivity index (χ2v) is 6.11. The van der Waals surface area contributed by atoms with Crippen molar-refractivity contribution in [2.24, 2.45) is 5.92 Å². The Labute approximate surface area is 114 Å². The number of benzene rings is 1. The van der Waals surface area contributed by atoms with Crippen LogP contribution in [0.15, 0.2) is 23.1 Å². The first-order valence-electron chi connectivity index (χ1n) is 5.60. The summed E-state index contributed by atoms with van der Waals surface area (Å²) in [5.74, 6) is -3.92. The van der Waals surface area contributed by atoms with Crippen LogP contribution in [0.3, 0.4) is 0 Å². The van der Waals surface area contributed by atoms with Crippen LogP contribution in [0.25, 0.3) is 0 Å². The largest absolute Gasteiger partial charge is 0.289 e. The Morgan fingerprint density at radius 2 is 1.85 bits per heavy atom. The monoisotopic (exact) mass is 308 g/mol. The number of hydroxylamine groups is 1. The van der Waals surface area contributed by atoms with Gasteiger partial charge in [-0.2, -0.15) is 4.72 Å². The molecule has 0 aliphatic rings. The maximum atomic E-state index is 13.0. The lowest BCUT2D eigenvalue weighted by Gasteiger charge is -2.20. The second kappa shape index (κ2) is 6.25. The van der Waals surface area contributed by atoms with Crippen LogP contribution in [-0.4, -0.2) is 25.6 Å². The third kappa shape index (κ3) is 3.71. The number of rotatable bonds is 5. The van der Waals surface area contributed by atoms with Crippen LogP contribution < -0.4 is 10.2 Å². The van der Waals surface area contributed by atoms with E-state index in [9.17, 15) is 22.0 Å². The molecule has 0 heterocycles. The molecule has 0 saturated carbocycles. The molecular formula is C11H14F2N2O4S. The van der Waals surface area contributed by atoms with Crippen LogP contribution in [0.1, 0.15) is 13.8 Å². The van der Waals surface area contributed by atoms with Crippen LogP contribution in [-0.2, 0) is 14.8 Å². The third-order valence-electron chi connectivity index (χ3n) is 2.54. The van der Waals surface area contributed by atoms with Gasteiger partial charge >= 0.3 is 0 Å². The fraction of sp³-hybridized carbons (Fsp3) is 0.364. The number of sulfonamides is 1. The van der Waals surface area contributed by atoms with Gasteiger partial charge in [-0.25, -0.2) is 22.7 Å². The van der Waals surface area contributed by atoms with Gasteiger partial charge in [0.2, 0.25) is 10.0 Å².